The van der Waals surface area contributed by atoms with Crippen molar-refractivity contribution in [2.45, 2.75) is 65.0 Å². The zero-order valence-electron chi connectivity index (χ0n) is 13.8. The fourth-order valence-corrected chi connectivity index (χ4v) is 2.76. The summed E-state index contributed by atoms with van der Waals surface area (Å²) < 4.78 is 7.67. The van der Waals surface area contributed by atoms with E-state index in [1.807, 2.05) is 33.3 Å². The van der Waals surface area contributed by atoms with Crippen LogP contribution in [0.3, 0.4) is 0 Å². The van der Waals surface area contributed by atoms with Crippen LogP contribution in [0.25, 0.3) is 0 Å². The number of ether oxygens (including phenoxy) is 1. The van der Waals surface area contributed by atoms with Crippen LogP contribution in [0.2, 0.25) is 0 Å². The van der Waals surface area contributed by atoms with Gasteiger partial charge in [0.15, 0.2) is 0 Å². The van der Waals surface area contributed by atoms with Crippen molar-refractivity contribution in [3.8, 4) is 0 Å². The van der Waals surface area contributed by atoms with Crippen LogP contribution >= 0.6 is 0 Å². The third-order valence-corrected chi connectivity index (χ3v) is 3.98. The molecular weight excluding hydrogens is 266 g/mol. The zero-order chi connectivity index (χ0) is 15.6. The molecule has 0 saturated carbocycles. The highest BCUT2D eigenvalue weighted by Crippen LogP contribution is 2.31. The molecule has 0 aromatic carbocycles. The lowest BCUT2D eigenvalue weighted by Gasteiger charge is -2.40. The normalized spacial score (nSPS) is 16.2. The largest absolute Gasteiger partial charge is 0.444 e. The molecule has 0 spiro atoms. The molecule has 21 heavy (non-hydrogen) atoms. The molecule has 1 aliphatic rings. The van der Waals surface area contributed by atoms with Gasteiger partial charge in [-0.1, -0.05) is 13.8 Å². The van der Waals surface area contributed by atoms with Crippen LogP contribution < -0.4 is 0 Å². The van der Waals surface area contributed by atoms with Gasteiger partial charge in [-0.3, -0.25) is 0 Å². The summed E-state index contributed by atoms with van der Waals surface area (Å²) in [5, 5.41) is 0. The Morgan fingerprint density at radius 1 is 1.38 bits per heavy atom. The van der Waals surface area contributed by atoms with Crippen LogP contribution in [0, 0.1) is 0 Å². The molecule has 0 atom stereocenters. The zero-order valence-corrected chi connectivity index (χ0v) is 13.8. The second kappa shape index (κ2) is 6.08. The van der Waals surface area contributed by atoms with E-state index in [1.165, 1.54) is 5.69 Å². The molecule has 0 unspecified atom stereocenters. The number of rotatable bonds is 4. The Balaban J connectivity index is 1.96. The maximum Gasteiger partial charge on any atom is 0.410 e. The second-order valence-corrected chi connectivity index (χ2v) is 6.78. The van der Waals surface area contributed by atoms with E-state index in [1.54, 1.807) is 4.90 Å². The SMILES string of the molecule is CCC(CC)n1cncc1C1CN(C(=O)OC(C)(C)C)C1. The van der Waals surface area contributed by atoms with Gasteiger partial charge in [0.05, 0.1) is 6.33 Å². The van der Waals surface area contributed by atoms with Gasteiger partial charge in [0, 0.05) is 36.9 Å². The summed E-state index contributed by atoms with van der Waals surface area (Å²) in [4.78, 5) is 18.0. The van der Waals surface area contributed by atoms with E-state index in [2.05, 4.69) is 23.4 Å². The molecule has 2 heterocycles. The predicted octanol–water partition coefficient (Wildman–Crippen LogP) is 3.58. The van der Waals surface area contributed by atoms with Gasteiger partial charge in [0.1, 0.15) is 5.60 Å². The van der Waals surface area contributed by atoms with Crippen molar-refractivity contribution in [2.24, 2.45) is 0 Å². The first-order valence-corrected chi connectivity index (χ1v) is 7.85. The highest BCUT2D eigenvalue weighted by molar-refractivity contribution is 5.69. The Kier molecular flexibility index (Phi) is 4.59. The van der Waals surface area contributed by atoms with E-state index >= 15 is 0 Å². The van der Waals surface area contributed by atoms with Crippen LogP contribution in [0.1, 0.15) is 65.1 Å². The number of likely N-dealkylation sites (tertiary alicyclic amines) is 1. The van der Waals surface area contributed by atoms with Crippen LogP contribution in [-0.2, 0) is 4.74 Å². The molecule has 5 heteroatoms. The van der Waals surface area contributed by atoms with E-state index in [9.17, 15) is 4.79 Å². The van der Waals surface area contributed by atoms with E-state index in [-0.39, 0.29) is 6.09 Å². The maximum atomic E-state index is 12.0. The summed E-state index contributed by atoms with van der Waals surface area (Å²) in [6, 6.07) is 0.498. The van der Waals surface area contributed by atoms with E-state index in [4.69, 9.17) is 4.74 Å². The van der Waals surface area contributed by atoms with Gasteiger partial charge < -0.3 is 14.2 Å². The maximum absolute atomic E-state index is 12.0. The molecule has 1 fully saturated rings. The number of hydrogen-bond acceptors (Lipinski definition) is 3. The van der Waals surface area contributed by atoms with Crippen molar-refractivity contribution in [3.63, 3.8) is 0 Å². The minimum atomic E-state index is -0.431. The first kappa shape index (κ1) is 15.9. The summed E-state index contributed by atoms with van der Waals surface area (Å²) in [6.07, 6.45) is 5.84. The number of carbonyl (C=O) groups is 1. The van der Waals surface area contributed by atoms with Gasteiger partial charge in [-0.05, 0) is 33.6 Å². The monoisotopic (exact) mass is 293 g/mol. The third-order valence-electron chi connectivity index (χ3n) is 3.98. The van der Waals surface area contributed by atoms with Crippen molar-refractivity contribution in [1.82, 2.24) is 14.5 Å². The first-order valence-electron chi connectivity index (χ1n) is 7.85. The van der Waals surface area contributed by atoms with Gasteiger partial charge in [0.25, 0.3) is 0 Å². The fourth-order valence-electron chi connectivity index (χ4n) is 2.76. The number of aromatic nitrogens is 2. The Hall–Kier alpha value is -1.52. The van der Waals surface area contributed by atoms with Gasteiger partial charge in [-0.2, -0.15) is 0 Å². The van der Waals surface area contributed by atoms with E-state index < -0.39 is 5.60 Å². The fraction of sp³-hybridized carbons (Fsp3) is 0.750. The van der Waals surface area contributed by atoms with Gasteiger partial charge in [0.2, 0.25) is 0 Å². The first-order chi connectivity index (χ1) is 9.85. The summed E-state index contributed by atoms with van der Waals surface area (Å²) in [7, 11) is 0. The molecule has 1 aliphatic heterocycles. The van der Waals surface area contributed by atoms with Crippen molar-refractivity contribution in [2.75, 3.05) is 13.1 Å². The molecule has 1 aromatic heterocycles. The number of carbonyl (C=O) groups excluding carboxylic acids is 1. The highest BCUT2D eigenvalue weighted by Gasteiger charge is 2.36. The Morgan fingerprint density at radius 2 is 2.00 bits per heavy atom. The Labute approximate surface area is 127 Å². The van der Waals surface area contributed by atoms with Crippen LogP contribution in [0.15, 0.2) is 12.5 Å². The van der Waals surface area contributed by atoms with Crippen molar-refractivity contribution >= 4 is 6.09 Å². The summed E-state index contributed by atoms with van der Waals surface area (Å²) in [5.41, 5.74) is 0.808. The highest BCUT2D eigenvalue weighted by atomic mass is 16.6. The standard InChI is InChI=1S/C16H27N3O2/c1-6-13(7-2)19-11-17-8-14(19)12-9-18(10-12)15(20)21-16(3,4)5/h8,11-13H,6-7,9-10H2,1-5H3. The smallest absolute Gasteiger partial charge is 0.410 e. The predicted molar refractivity (Wildman–Crippen MR) is 82.4 cm³/mol. The van der Waals surface area contributed by atoms with Crippen molar-refractivity contribution in [3.05, 3.63) is 18.2 Å². The number of hydrogen-bond donors (Lipinski definition) is 0. The summed E-state index contributed by atoms with van der Waals surface area (Å²) >= 11 is 0. The molecule has 2 rings (SSSR count). The number of amides is 1. The second-order valence-electron chi connectivity index (χ2n) is 6.78. The molecule has 1 aromatic rings. The number of imidazole rings is 1. The van der Waals surface area contributed by atoms with Crippen molar-refractivity contribution < 1.29 is 9.53 Å². The molecule has 1 amide bonds. The van der Waals surface area contributed by atoms with Gasteiger partial charge in [-0.15, -0.1) is 0 Å². The molecule has 1 saturated heterocycles. The average molecular weight is 293 g/mol. The minimum Gasteiger partial charge on any atom is -0.444 e. The van der Waals surface area contributed by atoms with Crippen LogP contribution in [-0.4, -0.2) is 39.2 Å². The van der Waals surface area contributed by atoms with Gasteiger partial charge >= 0.3 is 6.09 Å². The topological polar surface area (TPSA) is 47.4 Å². The molecule has 0 radical (unpaired) electrons. The quantitative estimate of drug-likeness (QED) is 0.852. The summed E-state index contributed by atoms with van der Waals surface area (Å²) in [5.74, 6) is 0.376. The lowest BCUT2D eigenvalue weighted by atomic mass is 9.96. The Bertz CT molecular complexity index is 480. The number of nitrogens with zero attached hydrogens (tertiary/aromatic N) is 3. The van der Waals surface area contributed by atoms with E-state index in [0.717, 1.165) is 25.9 Å². The van der Waals surface area contributed by atoms with Gasteiger partial charge in [-0.25, -0.2) is 9.78 Å². The lowest BCUT2D eigenvalue weighted by molar-refractivity contribution is 0.00747. The average Bonchev–Trinajstić information content (AvgIpc) is 2.75. The lowest BCUT2D eigenvalue weighted by Crippen LogP contribution is -2.50. The molecule has 0 bridgehead atoms. The molecule has 0 aliphatic carbocycles. The van der Waals surface area contributed by atoms with Crippen molar-refractivity contribution in [1.29, 1.82) is 0 Å². The third kappa shape index (κ3) is 3.57. The molecule has 5 nitrogen and oxygen atoms in total. The molecule has 118 valence electrons. The summed E-state index contributed by atoms with van der Waals surface area (Å²) in [6.45, 7) is 11.5. The van der Waals surface area contributed by atoms with E-state index in [0.29, 0.717) is 12.0 Å². The molecule has 0 N–H and O–H groups in total. The Morgan fingerprint density at radius 3 is 2.52 bits per heavy atom. The van der Waals surface area contributed by atoms with Crippen LogP contribution in [0.4, 0.5) is 4.79 Å². The molecular formula is C16H27N3O2. The van der Waals surface area contributed by atoms with Crippen LogP contribution in [0.5, 0.6) is 0 Å². The minimum absolute atomic E-state index is 0.215.